The highest BCUT2D eigenvalue weighted by Crippen LogP contribution is 2.25. The number of para-hydroxylation sites is 1. The Morgan fingerprint density at radius 2 is 1.57 bits per heavy atom. The lowest BCUT2D eigenvalue weighted by Gasteiger charge is -2.09. The van der Waals surface area contributed by atoms with E-state index in [9.17, 15) is 0 Å². The number of furan rings is 1. The summed E-state index contributed by atoms with van der Waals surface area (Å²) in [5, 5.41) is 0. The zero-order valence-electron chi connectivity index (χ0n) is 14.0. The molecule has 23 heavy (non-hydrogen) atoms. The summed E-state index contributed by atoms with van der Waals surface area (Å²) in [5.74, 6) is 0.813. The van der Waals surface area contributed by atoms with Crippen LogP contribution in [0.2, 0.25) is 0 Å². The van der Waals surface area contributed by atoms with E-state index < -0.39 is 0 Å². The van der Waals surface area contributed by atoms with Crippen LogP contribution in [0.4, 0.5) is 5.69 Å². The van der Waals surface area contributed by atoms with Gasteiger partial charge in [0.1, 0.15) is 5.76 Å². The minimum absolute atomic E-state index is 0.743. The number of hydrogen-bond acceptors (Lipinski definition) is 2. The molecule has 0 aliphatic carbocycles. The summed E-state index contributed by atoms with van der Waals surface area (Å²) in [7, 11) is 0. The average molecular weight is 419 g/mol. The third kappa shape index (κ3) is 4.16. The van der Waals surface area contributed by atoms with E-state index in [-0.39, 0.29) is 0 Å². The van der Waals surface area contributed by atoms with E-state index in [4.69, 9.17) is 10.2 Å². The number of nitrogen functional groups attached to an aromatic ring is 1. The molecule has 0 saturated carbocycles. The van der Waals surface area contributed by atoms with Crippen LogP contribution in [0.25, 0.3) is 11.3 Å². The van der Waals surface area contributed by atoms with Crippen molar-refractivity contribution in [3.8, 4) is 11.3 Å². The highest BCUT2D eigenvalue weighted by molar-refractivity contribution is 14.1. The predicted molar refractivity (Wildman–Crippen MR) is 107 cm³/mol. The Balaban J connectivity index is 0.000000168. The van der Waals surface area contributed by atoms with Gasteiger partial charge in [0.05, 0.1) is 6.26 Å². The maximum Gasteiger partial charge on any atom is 0.135 e. The highest BCUT2D eigenvalue weighted by atomic mass is 127. The molecule has 0 amide bonds. The highest BCUT2D eigenvalue weighted by Gasteiger charge is 2.03. The first-order valence-corrected chi connectivity index (χ1v) is 8.61. The fraction of sp³-hybridized carbons (Fsp3) is 0.200. The van der Waals surface area contributed by atoms with E-state index in [2.05, 4.69) is 56.4 Å². The summed E-state index contributed by atoms with van der Waals surface area (Å²) < 4.78 is 6.60. The zero-order chi connectivity index (χ0) is 17.0. The van der Waals surface area contributed by atoms with E-state index in [0.717, 1.165) is 17.0 Å². The summed E-state index contributed by atoms with van der Waals surface area (Å²) in [6.45, 7) is 8.74. The summed E-state index contributed by atoms with van der Waals surface area (Å²) in [6.07, 6.45) is 1.64. The number of aryl methyl sites for hydroxylation is 1. The molecule has 3 rings (SSSR count). The van der Waals surface area contributed by atoms with Crippen molar-refractivity contribution in [3.63, 3.8) is 0 Å². The van der Waals surface area contributed by atoms with E-state index in [0.29, 0.717) is 0 Å². The van der Waals surface area contributed by atoms with Crippen molar-refractivity contribution in [2.24, 2.45) is 0 Å². The minimum Gasteiger partial charge on any atom is -0.464 e. The van der Waals surface area contributed by atoms with Crippen molar-refractivity contribution in [3.05, 3.63) is 74.6 Å². The molecule has 2 nitrogen and oxygen atoms in total. The fourth-order valence-electron chi connectivity index (χ4n) is 2.32. The first kappa shape index (κ1) is 17.6. The number of rotatable bonds is 1. The summed E-state index contributed by atoms with van der Waals surface area (Å²) in [5.41, 5.74) is 13.1. The van der Waals surface area contributed by atoms with Gasteiger partial charge in [-0.3, -0.25) is 0 Å². The Morgan fingerprint density at radius 1 is 0.870 bits per heavy atom. The van der Waals surface area contributed by atoms with Crippen LogP contribution in [0.5, 0.6) is 0 Å². The molecule has 0 saturated heterocycles. The lowest BCUT2D eigenvalue weighted by atomic mass is 10.0. The number of halogens is 1. The second-order valence-corrected chi connectivity index (χ2v) is 6.78. The molecule has 0 radical (unpaired) electrons. The molecule has 120 valence electrons. The maximum absolute atomic E-state index is 5.75. The average Bonchev–Trinajstić information content (AvgIpc) is 3.06. The molecule has 0 unspecified atom stereocenters. The zero-order valence-corrected chi connectivity index (χ0v) is 16.1. The van der Waals surface area contributed by atoms with Gasteiger partial charge in [0.25, 0.3) is 0 Å². The van der Waals surface area contributed by atoms with Crippen LogP contribution in [0.3, 0.4) is 0 Å². The van der Waals surface area contributed by atoms with Crippen molar-refractivity contribution >= 4 is 28.3 Å². The van der Waals surface area contributed by atoms with Crippen LogP contribution < -0.4 is 5.73 Å². The number of hydrogen-bond donors (Lipinski definition) is 1. The third-order valence-corrected chi connectivity index (χ3v) is 5.29. The monoisotopic (exact) mass is 419 g/mol. The molecule has 0 bridgehead atoms. The molecule has 3 heteroatoms. The second kappa shape index (κ2) is 7.68. The largest absolute Gasteiger partial charge is 0.464 e. The molecule has 0 spiro atoms. The van der Waals surface area contributed by atoms with Crippen molar-refractivity contribution in [1.82, 2.24) is 0 Å². The van der Waals surface area contributed by atoms with Crippen molar-refractivity contribution in [1.29, 1.82) is 0 Å². The van der Waals surface area contributed by atoms with E-state index in [1.807, 2.05) is 36.4 Å². The topological polar surface area (TPSA) is 39.2 Å². The number of nitrogens with two attached hydrogens (primary N) is 1. The molecule has 0 aliphatic heterocycles. The van der Waals surface area contributed by atoms with Gasteiger partial charge in [0, 0.05) is 14.8 Å². The summed E-state index contributed by atoms with van der Waals surface area (Å²) >= 11 is 2.39. The Kier molecular flexibility index (Phi) is 5.88. The van der Waals surface area contributed by atoms with E-state index in [1.54, 1.807) is 6.26 Å². The van der Waals surface area contributed by atoms with Gasteiger partial charge in [-0.25, -0.2) is 0 Å². The van der Waals surface area contributed by atoms with E-state index in [1.165, 1.54) is 25.8 Å². The third-order valence-electron chi connectivity index (χ3n) is 4.17. The standard InChI is InChI=1S/C10H13I.C10H9NO/c1-6-5-10(11)9(4)8(3)7(6)2;11-9-5-2-1-4-8(9)10-6-3-7-12-10/h5H,1-4H3;1-7H,11H2. The first-order valence-electron chi connectivity index (χ1n) is 7.53. The lowest BCUT2D eigenvalue weighted by molar-refractivity contribution is 0.582. The quantitative estimate of drug-likeness (QED) is 0.385. The fourth-order valence-corrected chi connectivity index (χ4v) is 3.19. The first-order chi connectivity index (χ1) is 10.9. The molecule has 1 heterocycles. The van der Waals surface area contributed by atoms with Gasteiger partial charge in [-0.2, -0.15) is 0 Å². The van der Waals surface area contributed by atoms with Crippen LogP contribution in [-0.4, -0.2) is 0 Å². The van der Waals surface area contributed by atoms with Crippen LogP contribution in [-0.2, 0) is 0 Å². The van der Waals surface area contributed by atoms with Gasteiger partial charge >= 0.3 is 0 Å². The second-order valence-electron chi connectivity index (χ2n) is 5.61. The van der Waals surface area contributed by atoms with Gasteiger partial charge in [0.15, 0.2) is 0 Å². The van der Waals surface area contributed by atoms with Gasteiger partial charge in [0.2, 0.25) is 0 Å². The van der Waals surface area contributed by atoms with Crippen LogP contribution in [0.1, 0.15) is 22.3 Å². The molecule has 3 aromatic rings. The molecule has 0 atom stereocenters. The van der Waals surface area contributed by atoms with Crippen molar-refractivity contribution < 1.29 is 4.42 Å². The number of benzene rings is 2. The maximum atomic E-state index is 5.75. The van der Waals surface area contributed by atoms with Gasteiger partial charge in [-0.05, 0) is 103 Å². The normalized spacial score (nSPS) is 10.1. The van der Waals surface area contributed by atoms with E-state index >= 15 is 0 Å². The Hall–Kier alpha value is -1.75. The predicted octanol–water partition coefficient (Wildman–Crippen LogP) is 6.05. The van der Waals surface area contributed by atoms with Crippen molar-refractivity contribution in [2.45, 2.75) is 27.7 Å². The van der Waals surface area contributed by atoms with Crippen LogP contribution in [0.15, 0.2) is 53.1 Å². The lowest BCUT2D eigenvalue weighted by Crippen LogP contribution is -1.93. The number of anilines is 1. The molecule has 0 aliphatic rings. The van der Waals surface area contributed by atoms with Gasteiger partial charge in [-0.15, -0.1) is 0 Å². The van der Waals surface area contributed by atoms with Gasteiger partial charge < -0.3 is 10.2 Å². The molecule has 1 aromatic heterocycles. The molecular formula is C20H22INO. The molecule has 0 fully saturated rings. The van der Waals surface area contributed by atoms with Crippen LogP contribution in [0, 0.1) is 31.3 Å². The molecule has 2 N–H and O–H groups in total. The SMILES string of the molecule is Cc1cc(I)c(C)c(C)c1C.Nc1ccccc1-c1ccco1. The summed E-state index contributed by atoms with van der Waals surface area (Å²) in [6, 6.07) is 13.6. The molecule has 2 aromatic carbocycles. The van der Waals surface area contributed by atoms with Crippen molar-refractivity contribution in [2.75, 3.05) is 5.73 Å². The Morgan fingerprint density at radius 3 is 2.17 bits per heavy atom. The summed E-state index contributed by atoms with van der Waals surface area (Å²) in [4.78, 5) is 0. The van der Waals surface area contributed by atoms with Crippen LogP contribution >= 0.6 is 22.6 Å². The Bertz CT molecular complexity index is 765. The minimum atomic E-state index is 0.743. The molecular weight excluding hydrogens is 397 g/mol. The smallest absolute Gasteiger partial charge is 0.135 e. The van der Waals surface area contributed by atoms with Gasteiger partial charge in [-0.1, -0.05) is 12.1 Å². The Labute approximate surface area is 151 Å².